The first kappa shape index (κ1) is 23.0. The quantitative estimate of drug-likeness (QED) is 0.378. The van der Waals surface area contributed by atoms with Crippen LogP contribution in [0.1, 0.15) is 33.3 Å². The molecule has 26 heavy (non-hydrogen) atoms. The molecule has 1 aromatic rings. The fourth-order valence-electron chi connectivity index (χ4n) is 2.09. The van der Waals surface area contributed by atoms with Gasteiger partial charge in [-0.15, -0.1) is 0 Å². The predicted octanol–water partition coefficient (Wildman–Crippen LogP) is 2.87. The number of hydrogen-bond donors (Lipinski definition) is 0. The smallest absolute Gasteiger partial charge is 0.297 e. The van der Waals surface area contributed by atoms with Crippen molar-refractivity contribution in [1.29, 1.82) is 0 Å². The molecule has 2 atom stereocenters. The standard InChI is InChI=1S/C18H30O7S/c1-6-21-15(4)23-12-17(13-24-16(5)22-7-2)25-26(19,20)18-10-8-14(3)9-11-18/h8-11,15-17H,6-7,12-13H2,1-5H3. The van der Waals surface area contributed by atoms with Crippen LogP contribution in [0.4, 0.5) is 0 Å². The molecule has 0 aliphatic carbocycles. The molecular formula is C18H30O7S. The summed E-state index contributed by atoms with van der Waals surface area (Å²) >= 11 is 0. The van der Waals surface area contributed by atoms with Crippen molar-refractivity contribution in [2.75, 3.05) is 26.4 Å². The Labute approximate surface area is 156 Å². The molecule has 0 saturated carbocycles. The van der Waals surface area contributed by atoms with Crippen molar-refractivity contribution in [2.24, 2.45) is 0 Å². The van der Waals surface area contributed by atoms with E-state index < -0.39 is 28.8 Å². The molecule has 2 unspecified atom stereocenters. The third-order valence-corrected chi connectivity index (χ3v) is 4.78. The minimum Gasteiger partial charge on any atom is -0.353 e. The van der Waals surface area contributed by atoms with Gasteiger partial charge in [-0.1, -0.05) is 17.7 Å². The Bertz CT molecular complexity index is 584. The summed E-state index contributed by atoms with van der Waals surface area (Å²) in [6.45, 7) is 10.0. The lowest BCUT2D eigenvalue weighted by Crippen LogP contribution is -2.32. The molecular weight excluding hydrogens is 360 g/mol. The van der Waals surface area contributed by atoms with Gasteiger partial charge in [-0.05, 0) is 46.8 Å². The largest absolute Gasteiger partial charge is 0.353 e. The van der Waals surface area contributed by atoms with Gasteiger partial charge < -0.3 is 18.9 Å². The highest BCUT2D eigenvalue weighted by molar-refractivity contribution is 7.86. The Balaban J connectivity index is 2.76. The summed E-state index contributed by atoms with van der Waals surface area (Å²) in [5.41, 5.74) is 0.961. The van der Waals surface area contributed by atoms with Gasteiger partial charge in [0.2, 0.25) is 0 Å². The van der Waals surface area contributed by atoms with Gasteiger partial charge in [0, 0.05) is 13.2 Å². The fourth-order valence-corrected chi connectivity index (χ4v) is 3.14. The lowest BCUT2D eigenvalue weighted by atomic mass is 10.2. The van der Waals surface area contributed by atoms with Crippen LogP contribution < -0.4 is 0 Å². The van der Waals surface area contributed by atoms with E-state index in [4.69, 9.17) is 23.1 Å². The molecule has 0 fully saturated rings. The summed E-state index contributed by atoms with van der Waals surface area (Å²) < 4.78 is 51.9. The minimum absolute atomic E-state index is 0.00506. The number of rotatable bonds is 13. The summed E-state index contributed by atoms with van der Waals surface area (Å²) in [5, 5.41) is 0. The normalized spacial score (nSPS) is 15.6. The van der Waals surface area contributed by atoms with E-state index in [-0.39, 0.29) is 18.1 Å². The Morgan fingerprint density at radius 3 is 1.73 bits per heavy atom. The van der Waals surface area contributed by atoms with Crippen LogP contribution >= 0.6 is 0 Å². The molecule has 0 radical (unpaired) electrons. The van der Waals surface area contributed by atoms with Gasteiger partial charge in [0.25, 0.3) is 10.1 Å². The maximum absolute atomic E-state index is 12.5. The Hall–Kier alpha value is -1.03. The van der Waals surface area contributed by atoms with E-state index >= 15 is 0 Å². The lowest BCUT2D eigenvalue weighted by molar-refractivity contribution is -0.168. The highest BCUT2D eigenvalue weighted by atomic mass is 32.2. The second-order valence-electron chi connectivity index (χ2n) is 5.70. The maximum Gasteiger partial charge on any atom is 0.297 e. The zero-order chi connectivity index (χ0) is 19.6. The van der Waals surface area contributed by atoms with E-state index in [1.165, 1.54) is 12.1 Å². The minimum atomic E-state index is -3.94. The van der Waals surface area contributed by atoms with Crippen LogP contribution in [0.5, 0.6) is 0 Å². The molecule has 8 heteroatoms. The summed E-state index contributed by atoms with van der Waals surface area (Å²) in [6, 6.07) is 6.45. The Morgan fingerprint density at radius 1 is 0.846 bits per heavy atom. The predicted molar refractivity (Wildman–Crippen MR) is 97.3 cm³/mol. The van der Waals surface area contributed by atoms with E-state index in [0.717, 1.165) is 5.56 Å². The molecule has 0 aromatic heterocycles. The first-order chi connectivity index (χ1) is 12.3. The first-order valence-electron chi connectivity index (χ1n) is 8.74. The molecule has 0 amide bonds. The van der Waals surface area contributed by atoms with Gasteiger partial charge in [0.15, 0.2) is 12.6 Å². The van der Waals surface area contributed by atoms with E-state index in [9.17, 15) is 8.42 Å². The summed E-state index contributed by atoms with van der Waals surface area (Å²) in [5.74, 6) is 0. The topological polar surface area (TPSA) is 80.3 Å². The molecule has 0 bridgehead atoms. The lowest BCUT2D eigenvalue weighted by Gasteiger charge is -2.22. The van der Waals surface area contributed by atoms with E-state index in [0.29, 0.717) is 13.2 Å². The van der Waals surface area contributed by atoms with Crippen LogP contribution in [-0.2, 0) is 33.2 Å². The Kier molecular flexibility index (Phi) is 10.3. The molecule has 0 heterocycles. The number of hydrogen-bond acceptors (Lipinski definition) is 7. The van der Waals surface area contributed by atoms with Crippen molar-refractivity contribution in [3.05, 3.63) is 29.8 Å². The molecule has 0 saturated heterocycles. The number of ether oxygens (including phenoxy) is 4. The van der Waals surface area contributed by atoms with Crippen molar-refractivity contribution in [2.45, 2.75) is 58.2 Å². The Morgan fingerprint density at radius 2 is 1.31 bits per heavy atom. The van der Waals surface area contributed by atoms with Gasteiger partial charge in [0.05, 0.1) is 18.1 Å². The summed E-state index contributed by atoms with van der Waals surface area (Å²) in [6.07, 6.45) is -1.78. The second kappa shape index (κ2) is 11.6. The van der Waals surface area contributed by atoms with Crippen molar-refractivity contribution in [3.8, 4) is 0 Å². The third kappa shape index (κ3) is 8.57. The van der Waals surface area contributed by atoms with Crippen molar-refractivity contribution in [3.63, 3.8) is 0 Å². The monoisotopic (exact) mass is 390 g/mol. The third-order valence-electron chi connectivity index (χ3n) is 3.41. The van der Waals surface area contributed by atoms with Crippen molar-refractivity contribution >= 4 is 10.1 Å². The van der Waals surface area contributed by atoms with E-state index in [1.54, 1.807) is 26.0 Å². The molecule has 0 N–H and O–H groups in total. The van der Waals surface area contributed by atoms with Gasteiger partial charge in [-0.25, -0.2) is 0 Å². The van der Waals surface area contributed by atoms with Crippen molar-refractivity contribution in [1.82, 2.24) is 0 Å². The second-order valence-corrected chi connectivity index (χ2v) is 7.27. The van der Waals surface area contributed by atoms with Gasteiger partial charge in [0.1, 0.15) is 6.10 Å². The van der Waals surface area contributed by atoms with Crippen LogP contribution in [0.3, 0.4) is 0 Å². The van der Waals surface area contributed by atoms with Crippen molar-refractivity contribution < 1.29 is 31.5 Å². The SMILES string of the molecule is CCOC(C)OCC(COC(C)OCC)OS(=O)(=O)c1ccc(C)cc1. The average Bonchev–Trinajstić information content (AvgIpc) is 2.58. The highest BCUT2D eigenvalue weighted by Gasteiger charge is 2.24. The van der Waals surface area contributed by atoms with Crippen LogP contribution in [0, 0.1) is 6.92 Å². The zero-order valence-corrected chi connectivity index (χ0v) is 17.0. The molecule has 1 rings (SSSR count). The number of aryl methyl sites for hydroxylation is 1. The molecule has 0 aliphatic heterocycles. The van der Waals surface area contributed by atoms with Crippen LogP contribution in [0.25, 0.3) is 0 Å². The van der Waals surface area contributed by atoms with Crippen LogP contribution in [0.15, 0.2) is 29.2 Å². The molecule has 0 spiro atoms. The molecule has 1 aromatic carbocycles. The molecule has 150 valence electrons. The highest BCUT2D eigenvalue weighted by Crippen LogP contribution is 2.16. The summed E-state index contributed by atoms with van der Waals surface area (Å²) in [7, 11) is -3.94. The maximum atomic E-state index is 12.5. The number of benzene rings is 1. The summed E-state index contributed by atoms with van der Waals surface area (Å²) in [4.78, 5) is 0.0869. The van der Waals surface area contributed by atoms with Gasteiger partial charge >= 0.3 is 0 Å². The van der Waals surface area contributed by atoms with Crippen LogP contribution in [-0.4, -0.2) is 53.5 Å². The van der Waals surface area contributed by atoms with Crippen LogP contribution in [0.2, 0.25) is 0 Å². The first-order valence-corrected chi connectivity index (χ1v) is 10.2. The van der Waals surface area contributed by atoms with E-state index in [2.05, 4.69) is 0 Å². The van der Waals surface area contributed by atoms with Gasteiger partial charge in [-0.3, -0.25) is 4.18 Å². The molecule has 0 aliphatic rings. The molecule has 7 nitrogen and oxygen atoms in total. The van der Waals surface area contributed by atoms with E-state index in [1.807, 2.05) is 20.8 Å². The fraction of sp³-hybridized carbons (Fsp3) is 0.667. The average molecular weight is 390 g/mol. The zero-order valence-electron chi connectivity index (χ0n) is 16.1. The van der Waals surface area contributed by atoms with Gasteiger partial charge in [-0.2, -0.15) is 8.42 Å².